The summed E-state index contributed by atoms with van der Waals surface area (Å²) in [6, 6.07) is 6.37. The lowest BCUT2D eigenvalue weighted by Crippen LogP contribution is -2.24. The zero-order chi connectivity index (χ0) is 18.1. The van der Waals surface area contributed by atoms with Crippen LogP contribution in [-0.2, 0) is 28.3 Å². The third kappa shape index (κ3) is 3.49. The molecule has 0 atom stereocenters. The number of sulfonamides is 1. The van der Waals surface area contributed by atoms with Crippen molar-refractivity contribution in [1.29, 1.82) is 0 Å². The second-order valence-electron chi connectivity index (χ2n) is 5.78. The van der Waals surface area contributed by atoms with Crippen molar-refractivity contribution in [2.45, 2.75) is 25.2 Å². The van der Waals surface area contributed by atoms with Crippen molar-refractivity contribution in [3.8, 4) is 0 Å². The third-order valence-corrected chi connectivity index (χ3v) is 5.79. The summed E-state index contributed by atoms with van der Waals surface area (Å²) >= 11 is 0. The Morgan fingerprint density at radius 3 is 2.42 bits per heavy atom. The van der Waals surface area contributed by atoms with Gasteiger partial charge in [0.2, 0.25) is 15.9 Å². The smallest absolute Gasteiger partial charge is 0.244 e. The van der Waals surface area contributed by atoms with Gasteiger partial charge in [0.1, 0.15) is 4.90 Å². The van der Waals surface area contributed by atoms with Gasteiger partial charge in [-0.2, -0.15) is 5.10 Å². The summed E-state index contributed by atoms with van der Waals surface area (Å²) < 4.78 is 27.6. The summed E-state index contributed by atoms with van der Waals surface area (Å²) in [6.45, 7) is 3.74. The number of hydrogen-bond donors (Lipinski definition) is 1. The highest BCUT2D eigenvalue weighted by atomic mass is 32.2. The van der Waals surface area contributed by atoms with Crippen LogP contribution in [0.4, 0.5) is 5.69 Å². The molecule has 130 valence electrons. The van der Waals surface area contributed by atoms with E-state index in [9.17, 15) is 13.2 Å². The largest absolute Gasteiger partial charge is 0.325 e. The number of amides is 1. The molecule has 24 heavy (non-hydrogen) atoms. The number of hydrogen-bond acceptors (Lipinski definition) is 4. The maximum absolute atomic E-state index is 12.4. The molecule has 0 radical (unpaired) electrons. The fourth-order valence-electron chi connectivity index (χ4n) is 2.42. The van der Waals surface area contributed by atoms with Crippen molar-refractivity contribution in [2.75, 3.05) is 19.4 Å². The summed E-state index contributed by atoms with van der Waals surface area (Å²) in [5.74, 6) is -0.282. The predicted molar refractivity (Wildman–Crippen MR) is 92.3 cm³/mol. The molecule has 1 amide bonds. The maximum atomic E-state index is 12.4. The molecule has 1 aromatic heterocycles. The lowest BCUT2D eigenvalue weighted by atomic mass is 10.1. The van der Waals surface area contributed by atoms with Crippen molar-refractivity contribution >= 4 is 21.6 Å². The van der Waals surface area contributed by atoms with Crippen LogP contribution in [-0.4, -0.2) is 42.5 Å². The molecular weight excluding hydrogens is 328 g/mol. The van der Waals surface area contributed by atoms with Gasteiger partial charge in [-0.15, -0.1) is 0 Å². The zero-order valence-corrected chi connectivity index (χ0v) is 15.3. The van der Waals surface area contributed by atoms with E-state index in [-0.39, 0.29) is 22.9 Å². The molecule has 0 saturated heterocycles. The first-order valence-electron chi connectivity index (χ1n) is 7.45. The molecule has 0 bridgehead atoms. The summed E-state index contributed by atoms with van der Waals surface area (Å²) in [5, 5.41) is 6.99. The summed E-state index contributed by atoms with van der Waals surface area (Å²) in [6.07, 6.45) is 0.141. The Labute approximate surface area is 142 Å². The van der Waals surface area contributed by atoms with Crippen LogP contribution < -0.4 is 5.32 Å². The Morgan fingerprint density at radius 2 is 1.88 bits per heavy atom. The minimum absolute atomic E-state index is 0.0722. The van der Waals surface area contributed by atoms with Crippen LogP contribution in [0.2, 0.25) is 0 Å². The molecule has 1 N–H and O–H groups in total. The number of carbonyl (C=O) groups is 1. The number of aromatic nitrogens is 2. The molecule has 1 aromatic carbocycles. The lowest BCUT2D eigenvalue weighted by Gasteiger charge is -2.15. The van der Waals surface area contributed by atoms with Gasteiger partial charge < -0.3 is 5.32 Å². The Morgan fingerprint density at radius 1 is 1.25 bits per heavy atom. The van der Waals surface area contributed by atoms with Gasteiger partial charge in [-0.3, -0.25) is 9.48 Å². The Bertz CT molecular complexity index is 869. The Hall–Kier alpha value is -2.19. The number of rotatable bonds is 5. The van der Waals surface area contributed by atoms with Crippen molar-refractivity contribution in [3.05, 3.63) is 41.2 Å². The van der Waals surface area contributed by atoms with E-state index in [1.54, 1.807) is 22.9 Å². The fraction of sp³-hybridized carbons (Fsp3) is 0.375. The Balaban J connectivity index is 2.28. The van der Waals surface area contributed by atoms with E-state index >= 15 is 0 Å². The highest BCUT2D eigenvalue weighted by Crippen LogP contribution is 2.23. The third-order valence-electron chi connectivity index (χ3n) is 3.92. The molecule has 2 aromatic rings. The number of anilines is 1. The summed E-state index contributed by atoms with van der Waals surface area (Å²) in [4.78, 5) is 12.5. The summed E-state index contributed by atoms with van der Waals surface area (Å²) in [5.41, 5.74) is 2.83. The van der Waals surface area contributed by atoms with Crippen LogP contribution in [0.1, 0.15) is 17.0 Å². The van der Waals surface area contributed by atoms with Gasteiger partial charge in [-0.1, -0.05) is 12.1 Å². The van der Waals surface area contributed by atoms with E-state index in [0.717, 1.165) is 21.3 Å². The van der Waals surface area contributed by atoms with E-state index < -0.39 is 10.0 Å². The average molecular weight is 350 g/mol. The van der Waals surface area contributed by atoms with Gasteiger partial charge in [-0.25, -0.2) is 12.7 Å². The number of carbonyl (C=O) groups excluding carboxylic acids is 1. The van der Waals surface area contributed by atoms with Crippen LogP contribution >= 0.6 is 0 Å². The van der Waals surface area contributed by atoms with Gasteiger partial charge in [-0.05, 0) is 26.0 Å². The second-order valence-corrected chi connectivity index (χ2v) is 7.90. The van der Waals surface area contributed by atoms with E-state index in [0.29, 0.717) is 0 Å². The van der Waals surface area contributed by atoms with E-state index in [1.165, 1.54) is 20.2 Å². The second kappa shape index (κ2) is 6.74. The van der Waals surface area contributed by atoms with Crippen molar-refractivity contribution < 1.29 is 13.2 Å². The van der Waals surface area contributed by atoms with Crippen LogP contribution in [0, 0.1) is 13.8 Å². The lowest BCUT2D eigenvalue weighted by molar-refractivity contribution is -0.115. The molecule has 2 rings (SSSR count). The standard InChI is InChI=1S/C16H22N4O3S/c1-11-13(12(2)20(5)18-11)10-16(21)17-14-8-6-7-9-15(14)24(22,23)19(3)4/h6-9H,10H2,1-5H3,(H,17,21). The molecule has 0 saturated carbocycles. The monoisotopic (exact) mass is 350 g/mol. The zero-order valence-electron chi connectivity index (χ0n) is 14.5. The van der Waals surface area contributed by atoms with E-state index in [1.807, 2.05) is 20.9 Å². The van der Waals surface area contributed by atoms with Gasteiger partial charge in [0.25, 0.3) is 0 Å². The number of nitrogens with one attached hydrogen (secondary N) is 1. The normalized spacial score (nSPS) is 11.8. The van der Waals surface area contributed by atoms with Crippen molar-refractivity contribution in [1.82, 2.24) is 14.1 Å². The fourth-order valence-corrected chi connectivity index (χ4v) is 3.46. The van der Waals surface area contributed by atoms with Crippen LogP contribution in [0.15, 0.2) is 29.2 Å². The molecule has 0 fully saturated rings. The highest BCUT2D eigenvalue weighted by molar-refractivity contribution is 7.89. The average Bonchev–Trinajstić information content (AvgIpc) is 2.74. The summed E-state index contributed by atoms with van der Waals surface area (Å²) in [7, 11) is 1.10. The van der Waals surface area contributed by atoms with Gasteiger partial charge >= 0.3 is 0 Å². The molecule has 0 spiro atoms. The van der Waals surface area contributed by atoms with E-state index in [4.69, 9.17) is 0 Å². The Kier molecular flexibility index (Phi) is 5.10. The number of benzene rings is 1. The molecular formula is C16H22N4O3S. The minimum atomic E-state index is -3.64. The first-order valence-corrected chi connectivity index (χ1v) is 8.89. The van der Waals surface area contributed by atoms with Crippen LogP contribution in [0.5, 0.6) is 0 Å². The van der Waals surface area contributed by atoms with Gasteiger partial charge in [0, 0.05) is 32.4 Å². The molecule has 1 heterocycles. The number of para-hydroxylation sites is 1. The predicted octanol–water partition coefficient (Wildman–Crippen LogP) is 1.47. The quantitative estimate of drug-likeness (QED) is 0.885. The maximum Gasteiger partial charge on any atom is 0.244 e. The first-order chi connectivity index (χ1) is 11.1. The van der Waals surface area contributed by atoms with Crippen LogP contribution in [0.25, 0.3) is 0 Å². The minimum Gasteiger partial charge on any atom is -0.325 e. The van der Waals surface area contributed by atoms with Gasteiger partial charge in [0.05, 0.1) is 17.8 Å². The molecule has 0 aliphatic rings. The molecule has 0 aliphatic carbocycles. The van der Waals surface area contributed by atoms with Crippen molar-refractivity contribution in [2.24, 2.45) is 7.05 Å². The topological polar surface area (TPSA) is 84.3 Å². The number of nitrogens with zero attached hydrogens (tertiary/aromatic N) is 3. The molecule has 0 aliphatic heterocycles. The number of aryl methyl sites for hydroxylation is 2. The highest BCUT2D eigenvalue weighted by Gasteiger charge is 2.22. The first kappa shape index (κ1) is 18.2. The SMILES string of the molecule is Cc1nn(C)c(C)c1CC(=O)Nc1ccccc1S(=O)(=O)N(C)C. The van der Waals surface area contributed by atoms with Gasteiger partial charge in [0.15, 0.2) is 0 Å². The van der Waals surface area contributed by atoms with Crippen LogP contribution in [0.3, 0.4) is 0 Å². The van der Waals surface area contributed by atoms with Crippen molar-refractivity contribution in [3.63, 3.8) is 0 Å². The molecule has 8 heteroatoms. The van der Waals surface area contributed by atoms with E-state index in [2.05, 4.69) is 10.4 Å². The molecule has 7 nitrogen and oxygen atoms in total. The molecule has 0 unspecified atom stereocenters.